The predicted octanol–water partition coefficient (Wildman–Crippen LogP) is 3.95. The summed E-state index contributed by atoms with van der Waals surface area (Å²) in [5.41, 5.74) is 1.35. The van der Waals surface area contributed by atoms with Gasteiger partial charge in [-0.1, -0.05) is 42.2 Å². The van der Waals surface area contributed by atoms with Crippen molar-refractivity contribution in [2.75, 3.05) is 16.9 Å². The molecule has 0 atom stereocenters. The van der Waals surface area contributed by atoms with Gasteiger partial charge in [-0.15, -0.1) is 0 Å². The lowest BCUT2D eigenvalue weighted by Gasteiger charge is -2.17. The number of amides is 2. The van der Waals surface area contributed by atoms with Gasteiger partial charge in [-0.05, 0) is 36.4 Å². The van der Waals surface area contributed by atoms with Crippen molar-refractivity contribution in [2.24, 2.45) is 0 Å². The number of thiocarbonyl (C=S) groups is 1. The lowest BCUT2D eigenvalue weighted by molar-refractivity contribution is -0.116. The fourth-order valence-corrected chi connectivity index (χ4v) is 3.73. The van der Waals surface area contributed by atoms with Gasteiger partial charge in [-0.2, -0.15) is 0 Å². The summed E-state index contributed by atoms with van der Waals surface area (Å²) in [5.74, 6) is 0.250. The second-order valence-electron chi connectivity index (χ2n) is 5.42. The lowest BCUT2D eigenvalue weighted by Crippen LogP contribution is -2.28. The highest BCUT2D eigenvalue weighted by Gasteiger charge is 2.34. The highest BCUT2D eigenvalue weighted by Crippen LogP contribution is 2.36. The van der Waals surface area contributed by atoms with Crippen LogP contribution in [0.5, 0.6) is 5.75 Å². The minimum Gasteiger partial charge on any atom is -0.497 e. The molecule has 132 valence electrons. The number of carbonyl (C=O) groups excluding carboxylic acids is 2. The Bertz CT molecular complexity index is 879. The van der Waals surface area contributed by atoms with Crippen LogP contribution in [0.1, 0.15) is 6.92 Å². The van der Waals surface area contributed by atoms with Gasteiger partial charge < -0.3 is 4.74 Å². The predicted molar refractivity (Wildman–Crippen MR) is 108 cm³/mol. The van der Waals surface area contributed by atoms with Crippen molar-refractivity contribution in [1.29, 1.82) is 0 Å². The molecule has 1 heterocycles. The molecular formula is C19H16N2O3S2. The van der Waals surface area contributed by atoms with E-state index in [1.807, 2.05) is 30.3 Å². The van der Waals surface area contributed by atoms with Crippen LogP contribution in [-0.2, 0) is 9.59 Å². The summed E-state index contributed by atoms with van der Waals surface area (Å²) in [7, 11) is 1.58. The largest absolute Gasteiger partial charge is 0.497 e. The van der Waals surface area contributed by atoms with E-state index >= 15 is 0 Å². The van der Waals surface area contributed by atoms with Crippen LogP contribution in [0.15, 0.2) is 65.7 Å². The average molecular weight is 384 g/mol. The van der Waals surface area contributed by atoms with E-state index in [9.17, 15) is 9.59 Å². The van der Waals surface area contributed by atoms with E-state index in [1.165, 1.54) is 28.5 Å². The summed E-state index contributed by atoms with van der Waals surface area (Å²) in [6.07, 6.45) is 1.54. The third-order valence-electron chi connectivity index (χ3n) is 3.74. The molecule has 1 saturated heterocycles. The number of thioether (sulfide) groups is 1. The van der Waals surface area contributed by atoms with E-state index in [2.05, 4.69) is 0 Å². The Morgan fingerprint density at radius 3 is 2.38 bits per heavy atom. The minimum absolute atomic E-state index is 0.189. The smallest absolute Gasteiger partial charge is 0.272 e. The van der Waals surface area contributed by atoms with Crippen LogP contribution in [0.3, 0.4) is 0 Å². The number of benzene rings is 2. The van der Waals surface area contributed by atoms with E-state index < -0.39 is 0 Å². The van der Waals surface area contributed by atoms with Gasteiger partial charge in [0.15, 0.2) is 4.32 Å². The van der Waals surface area contributed by atoms with Crippen LogP contribution in [0.2, 0.25) is 0 Å². The van der Waals surface area contributed by atoms with Gasteiger partial charge >= 0.3 is 0 Å². The van der Waals surface area contributed by atoms with E-state index in [1.54, 1.807) is 37.6 Å². The third kappa shape index (κ3) is 3.63. The van der Waals surface area contributed by atoms with E-state index in [0.717, 1.165) is 0 Å². The molecule has 2 aromatic rings. The van der Waals surface area contributed by atoms with Crippen LogP contribution in [0.4, 0.5) is 11.4 Å². The van der Waals surface area contributed by atoms with Gasteiger partial charge in [0.2, 0.25) is 5.91 Å². The van der Waals surface area contributed by atoms with Crippen LogP contribution in [0, 0.1) is 0 Å². The van der Waals surface area contributed by atoms with Gasteiger partial charge in [-0.25, -0.2) is 0 Å². The van der Waals surface area contributed by atoms with Crippen LogP contribution in [0.25, 0.3) is 0 Å². The average Bonchev–Trinajstić information content (AvgIpc) is 2.93. The van der Waals surface area contributed by atoms with Crippen molar-refractivity contribution in [2.45, 2.75) is 6.92 Å². The van der Waals surface area contributed by atoms with Crippen molar-refractivity contribution in [3.8, 4) is 5.75 Å². The Balaban J connectivity index is 1.91. The molecule has 2 aromatic carbocycles. The molecule has 26 heavy (non-hydrogen) atoms. The summed E-state index contributed by atoms with van der Waals surface area (Å²) in [5, 5.41) is 0. The normalized spacial score (nSPS) is 15.5. The number of ether oxygens (including phenoxy) is 1. The quantitative estimate of drug-likeness (QED) is 0.590. The number of anilines is 2. The fourth-order valence-electron chi connectivity index (χ4n) is 2.47. The molecule has 2 amide bonds. The summed E-state index contributed by atoms with van der Waals surface area (Å²) >= 11 is 6.54. The van der Waals surface area contributed by atoms with Crippen molar-refractivity contribution >= 4 is 51.5 Å². The first kappa shape index (κ1) is 18.2. The first-order chi connectivity index (χ1) is 12.5. The van der Waals surface area contributed by atoms with Crippen LogP contribution >= 0.6 is 24.0 Å². The Labute approximate surface area is 161 Å². The Kier molecular flexibility index (Phi) is 5.39. The number of rotatable bonds is 4. The Morgan fingerprint density at radius 2 is 1.81 bits per heavy atom. The van der Waals surface area contributed by atoms with Crippen molar-refractivity contribution in [3.05, 3.63) is 65.7 Å². The molecule has 1 fully saturated rings. The molecule has 7 heteroatoms. The molecule has 0 spiro atoms. The highest BCUT2D eigenvalue weighted by atomic mass is 32.2. The zero-order valence-electron chi connectivity index (χ0n) is 14.2. The second kappa shape index (κ2) is 7.72. The van der Waals surface area contributed by atoms with Crippen LogP contribution in [-0.4, -0.2) is 23.2 Å². The third-order valence-corrected chi connectivity index (χ3v) is 5.03. The molecule has 1 aliphatic rings. The monoisotopic (exact) mass is 384 g/mol. The highest BCUT2D eigenvalue weighted by molar-refractivity contribution is 8.27. The summed E-state index contributed by atoms with van der Waals surface area (Å²) in [6.45, 7) is 1.45. The summed E-state index contributed by atoms with van der Waals surface area (Å²) < 4.78 is 5.56. The SMILES string of the molecule is COc1ccc(N2C(=O)/C(=C/N(C(C)=O)c3ccccc3)SC2=S)cc1. The molecule has 5 nitrogen and oxygen atoms in total. The standard InChI is InChI=1S/C19H16N2O3S2/c1-13(22)20(14-6-4-3-5-7-14)12-17-18(23)21(19(25)26-17)15-8-10-16(24-2)11-9-15/h3-12H,1-2H3/b17-12-. The maximum atomic E-state index is 12.8. The van der Waals surface area contributed by atoms with Gasteiger partial charge in [0.05, 0.1) is 17.7 Å². The second-order valence-corrected chi connectivity index (χ2v) is 7.10. The van der Waals surface area contributed by atoms with Gasteiger partial charge in [0, 0.05) is 18.8 Å². The zero-order valence-corrected chi connectivity index (χ0v) is 15.8. The Hall–Kier alpha value is -2.64. The number of nitrogens with zero attached hydrogens (tertiary/aromatic N) is 2. The molecule has 0 aromatic heterocycles. The molecule has 0 aliphatic carbocycles. The van der Waals surface area contributed by atoms with Gasteiger partial charge in [-0.3, -0.25) is 19.4 Å². The molecule has 3 rings (SSSR count). The van der Waals surface area contributed by atoms with E-state index in [4.69, 9.17) is 17.0 Å². The number of methoxy groups -OCH3 is 1. The fraction of sp³-hybridized carbons (Fsp3) is 0.105. The van der Waals surface area contributed by atoms with Crippen molar-refractivity contribution in [3.63, 3.8) is 0 Å². The molecule has 0 saturated carbocycles. The molecule has 1 aliphatic heterocycles. The van der Waals surface area contributed by atoms with Crippen LogP contribution < -0.4 is 14.5 Å². The number of hydrogen-bond acceptors (Lipinski definition) is 5. The minimum atomic E-state index is -0.257. The number of carbonyl (C=O) groups is 2. The molecule has 0 N–H and O–H groups in total. The number of hydrogen-bond donors (Lipinski definition) is 0. The number of para-hydroxylation sites is 1. The molecule has 0 bridgehead atoms. The lowest BCUT2D eigenvalue weighted by atomic mass is 10.2. The molecule has 0 unspecified atom stereocenters. The van der Waals surface area contributed by atoms with Crippen molar-refractivity contribution < 1.29 is 14.3 Å². The van der Waals surface area contributed by atoms with E-state index in [-0.39, 0.29) is 11.8 Å². The molecule has 0 radical (unpaired) electrons. The maximum Gasteiger partial charge on any atom is 0.272 e. The Morgan fingerprint density at radius 1 is 1.15 bits per heavy atom. The summed E-state index contributed by atoms with van der Waals surface area (Å²) in [4.78, 5) is 28.2. The first-order valence-corrected chi connectivity index (χ1v) is 9.00. The first-order valence-electron chi connectivity index (χ1n) is 7.78. The van der Waals surface area contributed by atoms with Crippen molar-refractivity contribution in [1.82, 2.24) is 0 Å². The van der Waals surface area contributed by atoms with Gasteiger partial charge in [0.1, 0.15) is 5.75 Å². The zero-order chi connectivity index (χ0) is 18.7. The maximum absolute atomic E-state index is 12.8. The summed E-state index contributed by atoms with van der Waals surface area (Å²) in [6, 6.07) is 16.2. The molecular weight excluding hydrogens is 368 g/mol. The topological polar surface area (TPSA) is 49.9 Å². The van der Waals surface area contributed by atoms with E-state index in [0.29, 0.717) is 26.3 Å². The van der Waals surface area contributed by atoms with Gasteiger partial charge in [0.25, 0.3) is 5.91 Å².